The molecule has 72 valence electrons. The molecule has 0 aliphatic carbocycles. The first-order valence-corrected chi connectivity index (χ1v) is 3.90. The highest BCUT2D eigenvalue weighted by Crippen LogP contribution is 1.97. The van der Waals surface area contributed by atoms with Gasteiger partial charge >= 0.3 is 5.97 Å². The fourth-order valence-electron chi connectivity index (χ4n) is 0.526. The number of aliphatic carboxylic acids is 1. The maximum atomic E-state index is 9.87. The Morgan fingerprint density at radius 3 is 2.00 bits per heavy atom. The average molecular weight is 173 g/mol. The molecule has 3 N–H and O–H groups in total. The molecule has 0 fully saturated rings. The van der Waals surface area contributed by atoms with Crippen LogP contribution >= 0.6 is 0 Å². The van der Waals surface area contributed by atoms with Crippen molar-refractivity contribution in [3.63, 3.8) is 0 Å². The van der Waals surface area contributed by atoms with E-state index in [0.717, 1.165) is 19.3 Å². The summed E-state index contributed by atoms with van der Waals surface area (Å²) in [5, 5.41) is 8.14. The van der Waals surface area contributed by atoms with Gasteiger partial charge in [0.05, 0.1) is 0 Å². The van der Waals surface area contributed by atoms with Crippen molar-refractivity contribution in [1.29, 1.82) is 0 Å². The van der Waals surface area contributed by atoms with Gasteiger partial charge in [0.25, 0.3) is 0 Å². The van der Waals surface area contributed by atoms with Crippen LogP contribution in [-0.4, -0.2) is 18.1 Å². The molecule has 0 saturated heterocycles. The number of rotatable bonds is 4. The van der Waals surface area contributed by atoms with Crippen molar-refractivity contribution < 1.29 is 9.90 Å². The molecule has 0 aromatic carbocycles. The standard InChI is InChI=1S/C6H12O2.C2H2.CH5N/c1-2-3-4-5-6(7)8;2*1-2/h2-5H2,1H3,(H,7,8);1-2H;2H2,1H3. The smallest absolute Gasteiger partial charge is 0.303 e. The summed E-state index contributed by atoms with van der Waals surface area (Å²) in [7, 11) is 1.50. The van der Waals surface area contributed by atoms with E-state index >= 15 is 0 Å². The summed E-state index contributed by atoms with van der Waals surface area (Å²) in [6, 6.07) is 0. The second kappa shape index (κ2) is 22.5. The zero-order valence-corrected chi connectivity index (χ0v) is 7.92. The van der Waals surface area contributed by atoms with Gasteiger partial charge in [-0.2, -0.15) is 0 Å². The minimum absolute atomic E-state index is 0.327. The number of unbranched alkanes of at least 4 members (excludes halogenated alkanes) is 2. The molecular formula is C9H19NO2. The molecule has 0 aromatic rings. The van der Waals surface area contributed by atoms with E-state index in [0.29, 0.717) is 6.42 Å². The fourth-order valence-corrected chi connectivity index (χ4v) is 0.526. The highest BCUT2D eigenvalue weighted by molar-refractivity contribution is 5.66. The zero-order chi connectivity index (χ0) is 10.4. The van der Waals surface area contributed by atoms with Crippen LogP contribution in [0, 0.1) is 12.8 Å². The fraction of sp³-hybridized carbons (Fsp3) is 0.667. The van der Waals surface area contributed by atoms with Crippen LogP contribution in [0.15, 0.2) is 0 Å². The van der Waals surface area contributed by atoms with Gasteiger partial charge in [-0.15, -0.1) is 12.8 Å². The third-order valence-electron chi connectivity index (χ3n) is 0.994. The summed E-state index contributed by atoms with van der Waals surface area (Å²) in [6.45, 7) is 2.06. The average Bonchev–Trinajstić information content (AvgIpc) is 2.12. The van der Waals surface area contributed by atoms with Gasteiger partial charge in [0.1, 0.15) is 0 Å². The van der Waals surface area contributed by atoms with Gasteiger partial charge in [-0.05, 0) is 13.5 Å². The Balaban J connectivity index is -0.000000175. The zero-order valence-electron chi connectivity index (χ0n) is 7.92. The van der Waals surface area contributed by atoms with Crippen LogP contribution in [0.4, 0.5) is 0 Å². The highest BCUT2D eigenvalue weighted by atomic mass is 16.4. The van der Waals surface area contributed by atoms with E-state index in [2.05, 4.69) is 25.5 Å². The van der Waals surface area contributed by atoms with Gasteiger partial charge < -0.3 is 10.8 Å². The summed E-state index contributed by atoms with van der Waals surface area (Å²) in [6.07, 6.45) is 11.3. The highest BCUT2D eigenvalue weighted by Gasteiger charge is 1.92. The van der Waals surface area contributed by atoms with Gasteiger partial charge in [-0.25, -0.2) is 0 Å². The molecule has 12 heavy (non-hydrogen) atoms. The van der Waals surface area contributed by atoms with Crippen LogP contribution in [0.2, 0.25) is 0 Å². The van der Waals surface area contributed by atoms with Gasteiger partial charge in [0.15, 0.2) is 0 Å². The lowest BCUT2D eigenvalue weighted by Crippen LogP contribution is -1.92. The summed E-state index contributed by atoms with van der Waals surface area (Å²) >= 11 is 0. The van der Waals surface area contributed by atoms with Gasteiger partial charge in [0.2, 0.25) is 0 Å². The van der Waals surface area contributed by atoms with E-state index in [1.807, 2.05) is 0 Å². The quantitative estimate of drug-likeness (QED) is 0.500. The molecule has 0 aliphatic heterocycles. The van der Waals surface area contributed by atoms with Crippen molar-refractivity contribution in [2.45, 2.75) is 32.6 Å². The summed E-state index contributed by atoms with van der Waals surface area (Å²) in [5.74, 6) is -0.682. The maximum absolute atomic E-state index is 9.87. The predicted molar refractivity (Wildman–Crippen MR) is 51.8 cm³/mol. The third kappa shape index (κ3) is 36.1. The molecule has 0 spiro atoms. The molecule has 3 nitrogen and oxygen atoms in total. The molecule has 0 bridgehead atoms. The van der Waals surface area contributed by atoms with Crippen LogP contribution in [0.25, 0.3) is 0 Å². The van der Waals surface area contributed by atoms with Crippen LogP contribution in [0.5, 0.6) is 0 Å². The topological polar surface area (TPSA) is 63.3 Å². The maximum Gasteiger partial charge on any atom is 0.303 e. The molecule has 0 heterocycles. The van der Waals surface area contributed by atoms with Crippen LogP contribution in [-0.2, 0) is 4.79 Å². The van der Waals surface area contributed by atoms with E-state index in [-0.39, 0.29) is 0 Å². The number of hydrogen-bond acceptors (Lipinski definition) is 2. The molecule has 0 radical (unpaired) electrons. The van der Waals surface area contributed by atoms with Crippen molar-refractivity contribution in [2.75, 3.05) is 7.05 Å². The Bertz CT molecular complexity index is 99.9. The molecule has 3 heteroatoms. The monoisotopic (exact) mass is 173 g/mol. The molecule has 0 atom stereocenters. The van der Waals surface area contributed by atoms with Crippen molar-refractivity contribution >= 4 is 5.97 Å². The minimum Gasteiger partial charge on any atom is -0.481 e. The Kier molecular flexibility index (Phi) is 32.2. The Hall–Kier alpha value is -1.01. The molecule has 0 unspecified atom stereocenters. The lowest BCUT2D eigenvalue weighted by atomic mass is 10.2. The predicted octanol–water partition coefficient (Wildman–Crippen LogP) is 1.48. The van der Waals surface area contributed by atoms with Crippen LogP contribution in [0.1, 0.15) is 32.6 Å². The molecule has 0 amide bonds. The number of carboxylic acids is 1. The number of hydrogen-bond donors (Lipinski definition) is 2. The summed E-state index contributed by atoms with van der Waals surface area (Å²) < 4.78 is 0. The first-order chi connectivity index (χ1) is 5.77. The SMILES string of the molecule is C#C.CCCCCC(=O)O.CN. The minimum atomic E-state index is -0.682. The largest absolute Gasteiger partial charge is 0.481 e. The summed E-state index contributed by atoms with van der Waals surface area (Å²) in [4.78, 5) is 9.87. The Morgan fingerprint density at radius 1 is 1.33 bits per heavy atom. The third-order valence-corrected chi connectivity index (χ3v) is 0.994. The number of carbonyl (C=O) groups is 1. The van der Waals surface area contributed by atoms with Crippen LogP contribution < -0.4 is 5.73 Å². The van der Waals surface area contributed by atoms with Gasteiger partial charge in [-0.3, -0.25) is 4.79 Å². The lowest BCUT2D eigenvalue weighted by molar-refractivity contribution is -0.137. The van der Waals surface area contributed by atoms with Crippen molar-refractivity contribution in [3.8, 4) is 12.8 Å². The second-order valence-corrected chi connectivity index (χ2v) is 1.85. The normalized spacial score (nSPS) is 6.75. The van der Waals surface area contributed by atoms with E-state index in [1.54, 1.807) is 0 Å². The second-order valence-electron chi connectivity index (χ2n) is 1.85. The van der Waals surface area contributed by atoms with Crippen molar-refractivity contribution in [1.82, 2.24) is 0 Å². The van der Waals surface area contributed by atoms with Crippen LogP contribution in [0.3, 0.4) is 0 Å². The number of terminal acetylenes is 1. The molecule has 0 rings (SSSR count). The molecule has 0 aromatic heterocycles. The van der Waals surface area contributed by atoms with Gasteiger partial charge in [0, 0.05) is 6.42 Å². The van der Waals surface area contributed by atoms with Crippen molar-refractivity contribution in [3.05, 3.63) is 0 Å². The molecular weight excluding hydrogens is 154 g/mol. The lowest BCUT2D eigenvalue weighted by Gasteiger charge is -1.89. The number of carboxylic acid groups (broad SMARTS) is 1. The first-order valence-electron chi connectivity index (χ1n) is 3.90. The molecule has 0 aliphatic rings. The van der Waals surface area contributed by atoms with E-state index in [1.165, 1.54) is 7.05 Å². The first kappa shape index (κ1) is 17.2. The molecule has 0 saturated carbocycles. The van der Waals surface area contributed by atoms with Gasteiger partial charge in [-0.1, -0.05) is 19.8 Å². The van der Waals surface area contributed by atoms with Crippen molar-refractivity contribution in [2.24, 2.45) is 5.73 Å². The van der Waals surface area contributed by atoms with E-state index in [4.69, 9.17) is 5.11 Å². The Labute approximate surface area is 75.0 Å². The van der Waals surface area contributed by atoms with E-state index in [9.17, 15) is 4.79 Å². The summed E-state index contributed by atoms with van der Waals surface area (Å²) in [5.41, 5.74) is 4.50. The van der Waals surface area contributed by atoms with E-state index < -0.39 is 5.97 Å². The Morgan fingerprint density at radius 2 is 1.75 bits per heavy atom. The number of nitrogens with two attached hydrogens (primary N) is 1.